The van der Waals surface area contributed by atoms with Gasteiger partial charge in [0.15, 0.2) is 0 Å². The maximum absolute atomic E-state index is 13.1. The maximum atomic E-state index is 13.1. The van der Waals surface area contributed by atoms with Crippen LogP contribution in [0, 0.1) is 0 Å². The number of sulfonamides is 1. The molecule has 8 nitrogen and oxygen atoms in total. The fourth-order valence-corrected chi connectivity index (χ4v) is 6.54. The minimum Gasteiger partial charge on any atom is -0.389 e. The van der Waals surface area contributed by atoms with Gasteiger partial charge in [0.05, 0.1) is 23.1 Å². The van der Waals surface area contributed by atoms with Crippen LogP contribution in [0.15, 0.2) is 82.8 Å². The molecule has 0 unspecified atom stereocenters. The van der Waals surface area contributed by atoms with E-state index in [4.69, 9.17) is 5.53 Å². The number of benzene rings is 3. The van der Waals surface area contributed by atoms with E-state index in [-0.39, 0.29) is 10.9 Å². The van der Waals surface area contributed by atoms with Crippen molar-refractivity contribution < 1.29 is 13.5 Å². The van der Waals surface area contributed by atoms with Gasteiger partial charge in [-0.3, -0.25) is 0 Å². The molecular weight excluding hydrogens is 462 g/mol. The van der Waals surface area contributed by atoms with E-state index in [0.29, 0.717) is 12.1 Å². The molecule has 3 aromatic carbocycles. The summed E-state index contributed by atoms with van der Waals surface area (Å²) >= 11 is 0. The number of nitrogens with zero attached hydrogens (tertiary/aromatic N) is 4. The van der Waals surface area contributed by atoms with Gasteiger partial charge < -0.3 is 10.0 Å². The van der Waals surface area contributed by atoms with Gasteiger partial charge in [-0.1, -0.05) is 53.6 Å². The Morgan fingerprint density at radius 3 is 2.11 bits per heavy atom. The molecule has 2 N–H and O–H groups in total. The van der Waals surface area contributed by atoms with E-state index >= 15 is 0 Å². The molecule has 0 spiro atoms. The number of anilines is 2. The van der Waals surface area contributed by atoms with Crippen LogP contribution in [-0.4, -0.2) is 31.7 Å². The number of aryl methyl sites for hydroxylation is 2. The van der Waals surface area contributed by atoms with Gasteiger partial charge in [-0.2, -0.15) is 0 Å². The number of aliphatic hydroxyl groups is 1. The molecule has 9 heteroatoms. The SMILES string of the molecule is [N-]=[N+]=Nc1ccc(S(=O)(=O)N[C@@H]2CCC[C@H](N3c4ccccc4CCc4ccccc43)[C@H]2O)cc1. The van der Waals surface area contributed by atoms with Gasteiger partial charge in [0, 0.05) is 22.0 Å². The average Bonchev–Trinajstić information content (AvgIpc) is 3.03. The van der Waals surface area contributed by atoms with Crippen LogP contribution < -0.4 is 9.62 Å². The summed E-state index contributed by atoms with van der Waals surface area (Å²) in [5.41, 5.74) is 13.5. The molecule has 3 aromatic rings. The van der Waals surface area contributed by atoms with Crippen molar-refractivity contribution in [3.8, 4) is 0 Å². The third-order valence-corrected chi connectivity index (χ3v) is 8.44. The normalized spacial score (nSPS) is 21.9. The predicted octanol–water partition coefficient (Wildman–Crippen LogP) is 5.13. The largest absolute Gasteiger partial charge is 0.389 e. The lowest BCUT2D eigenvalue weighted by Gasteiger charge is -2.43. The van der Waals surface area contributed by atoms with E-state index in [1.165, 1.54) is 35.4 Å². The quantitative estimate of drug-likeness (QED) is 0.293. The molecule has 1 saturated carbocycles. The summed E-state index contributed by atoms with van der Waals surface area (Å²) in [5, 5.41) is 15.0. The second-order valence-electron chi connectivity index (χ2n) is 9.03. The van der Waals surface area contributed by atoms with Gasteiger partial charge in [0.25, 0.3) is 0 Å². The Balaban J connectivity index is 1.46. The molecule has 180 valence electrons. The van der Waals surface area contributed by atoms with Crippen molar-refractivity contribution in [3.05, 3.63) is 94.4 Å². The van der Waals surface area contributed by atoms with Crippen LogP contribution in [0.1, 0.15) is 30.4 Å². The van der Waals surface area contributed by atoms with E-state index in [2.05, 4.69) is 43.9 Å². The molecule has 1 heterocycles. The lowest BCUT2D eigenvalue weighted by atomic mass is 9.86. The zero-order chi connectivity index (χ0) is 24.4. The third kappa shape index (κ3) is 4.63. The minimum absolute atomic E-state index is 0.0641. The predicted molar refractivity (Wildman–Crippen MR) is 135 cm³/mol. The Morgan fingerprint density at radius 2 is 1.51 bits per heavy atom. The highest BCUT2D eigenvalue weighted by atomic mass is 32.2. The second kappa shape index (κ2) is 9.71. The molecular formula is C26H27N5O3S. The number of nitrogens with one attached hydrogen (secondary N) is 1. The summed E-state index contributed by atoms with van der Waals surface area (Å²) in [6.45, 7) is 0. The number of aliphatic hydroxyl groups excluding tert-OH is 1. The third-order valence-electron chi connectivity index (χ3n) is 6.93. The number of para-hydroxylation sites is 2. The first kappa shape index (κ1) is 23.4. The second-order valence-corrected chi connectivity index (χ2v) is 10.7. The van der Waals surface area contributed by atoms with Crippen molar-refractivity contribution in [3.63, 3.8) is 0 Å². The van der Waals surface area contributed by atoms with Gasteiger partial charge in [-0.15, -0.1) is 0 Å². The maximum Gasteiger partial charge on any atom is 0.240 e. The van der Waals surface area contributed by atoms with Crippen LogP contribution in [0.4, 0.5) is 17.1 Å². The summed E-state index contributed by atoms with van der Waals surface area (Å²) in [5.74, 6) is 0. The molecule has 0 aromatic heterocycles. The van der Waals surface area contributed by atoms with Gasteiger partial charge in [-0.25, -0.2) is 13.1 Å². The zero-order valence-electron chi connectivity index (χ0n) is 19.2. The summed E-state index contributed by atoms with van der Waals surface area (Å²) in [6.07, 6.45) is 3.00. The topological polar surface area (TPSA) is 118 Å². The molecule has 1 aliphatic carbocycles. The first-order valence-corrected chi connectivity index (χ1v) is 13.3. The van der Waals surface area contributed by atoms with Gasteiger partial charge in [0.2, 0.25) is 10.0 Å². The highest BCUT2D eigenvalue weighted by molar-refractivity contribution is 7.89. The van der Waals surface area contributed by atoms with Crippen molar-refractivity contribution in [2.45, 2.75) is 55.2 Å². The molecule has 1 fully saturated rings. The van der Waals surface area contributed by atoms with Crippen LogP contribution in [0.25, 0.3) is 10.4 Å². The number of fused-ring (bicyclic) bond motifs is 2. The fraction of sp³-hybridized carbons (Fsp3) is 0.308. The number of rotatable bonds is 5. The Kier molecular flexibility index (Phi) is 6.49. The van der Waals surface area contributed by atoms with Crippen molar-refractivity contribution in [1.29, 1.82) is 0 Å². The molecule has 0 radical (unpaired) electrons. The molecule has 0 saturated heterocycles. The van der Waals surface area contributed by atoms with Gasteiger partial charge in [0.1, 0.15) is 0 Å². The van der Waals surface area contributed by atoms with E-state index in [1.807, 2.05) is 24.3 Å². The summed E-state index contributed by atoms with van der Waals surface area (Å²) in [7, 11) is -3.87. The molecule has 2 aliphatic rings. The van der Waals surface area contributed by atoms with Crippen molar-refractivity contribution in [1.82, 2.24) is 4.72 Å². The fourth-order valence-electron chi connectivity index (χ4n) is 5.25. The first-order chi connectivity index (χ1) is 17.0. The summed E-state index contributed by atoms with van der Waals surface area (Å²) < 4.78 is 29.0. The van der Waals surface area contributed by atoms with Crippen molar-refractivity contribution >= 4 is 27.1 Å². The van der Waals surface area contributed by atoms with E-state index in [0.717, 1.165) is 37.1 Å². The lowest BCUT2D eigenvalue weighted by molar-refractivity contribution is 0.0812. The molecule has 35 heavy (non-hydrogen) atoms. The zero-order valence-corrected chi connectivity index (χ0v) is 20.0. The molecule has 0 amide bonds. The molecule has 0 bridgehead atoms. The Morgan fingerprint density at radius 1 is 0.914 bits per heavy atom. The highest BCUT2D eigenvalue weighted by Crippen LogP contribution is 2.41. The van der Waals surface area contributed by atoms with Gasteiger partial charge >= 0.3 is 0 Å². The Bertz CT molecular complexity index is 1320. The van der Waals surface area contributed by atoms with Crippen LogP contribution in [-0.2, 0) is 22.9 Å². The van der Waals surface area contributed by atoms with Gasteiger partial charge in [-0.05, 0) is 73.0 Å². The molecule has 1 aliphatic heterocycles. The van der Waals surface area contributed by atoms with Crippen LogP contribution in [0.2, 0.25) is 0 Å². The summed E-state index contributed by atoms with van der Waals surface area (Å²) in [6, 6.07) is 21.3. The van der Waals surface area contributed by atoms with Crippen molar-refractivity contribution in [2.75, 3.05) is 4.90 Å². The van der Waals surface area contributed by atoms with E-state index in [9.17, 15) is 13.5 Å². The van der Waals surface area contributed by atoms with E-state index in [1.54, 1.807) is 0 Å². The average molecular weight is 490 g/mol. The van der Waals surface area contributed by atoms with Crippen LogP contribution >= 0.6 is 0 Å². The monoisotopic (exact) mass is 489 g/mol. The smallest absolute Gasteiger partial charge is 0.240 e. The number of hydrogen-bond acceptors (Lipinski definition) is 5. The van der Waals surface area contributed by atoms with Crippen molar-refractivity contribution in [2.24, 2.45) is 5.11 Å². The van der Waals surface area contributed by atoms with Crippen LogP contribution in [0.3, 0.4) is 0 Å². The minimum atomic E-state index is -3.87. The number of hydrogen-bond donors (Lipinski definition) is 2. The molecule has 3 atom stereocenters. The lowest BCUT2D eigenvalue weighted by Crippen LogP contribution is -2.55. The molecule has 5 rings (SSSR count). The highest BCUT2D eigenvalue weighted by Gasteiger charge is 2.39. The number of azide groups is 1. The first-order valence-electron chi connectivity index (χ1n) is 11.8. The summed E-state index contributed by atoms with van der Waals surface area (Å²) in [4.78, 5) is 5.00. The van der Waals surface area contributed by atoms with Crippen LogP contribution in [0.5, 0.6) is 0 Å². The van der Waals surface area contributed by atoms with E-state index < -0.39 is 22.2 Å². The standard InChI is InChI=1S/C26H27N5O3S/c27-30-28-20-14-16-21(17-15-20)35(33,34)29-22-8-5-11-25(26(22)32)31-23-9-3-1-6-18(23)12-13-19-7-2-4-10-24(19)31/h1-4,6-7,9-10,14-17,22,25-26,29,32H,5,8,11-13H2/t22-,25+,26+/m1/s1. The Hall–Kier alpha value is -3.36. The Labute approximate surface area is 204 Å².